The van der Waals surface area contributed by atoms with E-state index >= 15 is 0 Å². The van der Waals surface area contributed by atoms with Crippen molar-refractivity contribution in [3.63, 3.8) is 0 Å². The molecule has 1 atom stereocenters. The van der Waals surface area contributed by atoms with E-state index in [-0.39, 0.29) is 36.7 Å². The van der Waals surface area contributed by atoms with E-state index in [1.54, 1.807) is 31.2 Å². The average molecular weight is 466 g/mol. The zero-order valence-corrected chi connectivity index (χ0v) is 19.6. The SMILES string of the molecule is CCOC(=O)Cn1c(O)c(N=NC(=O)C2COc3ccc(C(C)(C)C)cc3O2)c2ccccc21. The molecular formula is C25H27N3O6. The average Bonchev–Trinajstić information content (AvgIpc) is 3.07. The fraction of sp³-hybridized carbons (Fsp3) is 0.360. The summed E-state index contributed by atoms with van der Waals surface area (Å²) in [4.78, 5) is 24.7. The van der Waals surface area contributed by atoms with Gasteiger partial charge in [0.25, 0.3) is 0 Å². The lowest BCUT2D eigenvalue weighted by molar-refractivity contribution is -0.143. The fourth-order valence-corrected chi connectivity index (χ4v) is 3.69. The van der Waals surface area contributed by atoms with Gasteiger partial charge in [-0.05, 0) is 36.1 Å². The van der Waals surface area contributed by atoms with Crippen molar-refractivity contribution in [3.05, 3.63) is 48.0 Å². The summed E-state index contributed by atoms with van der Waals surface area (Å²) in [6.45, 7) is 7.98. The molecule has 2 heterocycles. The first-order chi connectivity index (χ1) is 16.2. The third kappa shape index (κ3) is 4.59. The summed E-state index contributed by atoms with van der Waals surface area (Å²) in [6.07, 6.45) is -0.971. The number of aromatic hydroxyl groups is 1. The molecule has 2 aromatic carbocycles. The summed E-state index contributed by atoms with van der Waals surface area (Å²) in [5, 5.41) is 19.1. The molecule has 0 fully saturated rings. The largest absolute Gasteiger partial charge is 0.493 e. The molecule has 1 aliphatic heterocycles. The van der Waals surface area contributed by atoms with E-state index in [1.165, 1.54) is 4.57 Å². The van der Waals surface area contributed by atoms with Gasteiger partial charge >= 0.3 is 11.9 Å². The number of esters is 1. The molecule has 1 unspecified atom stereocenters. The molecular weight excluding hydrogens is 438 g/mol. The van der Waals surface area contributed by atoms with Crippen LogP contribution >= 0.6 is 0 Å². The van der Waals surface area contributed by atoms with Gasteiger partial charge in [-0.2, -0.15) is 0 Å². The van der Waals surface area contributed by atoms with Crippen molar-refractivity contribution in [1.82, 2.24) is 4.57 Å². The Morgan fingerprint density at radius 3 is 2.68 bits per heavy atom. The van der Waals surface area contributed by atoms with Gasteiger partial charge in [0.05, 0.1) is 12.1 Å². The van der Waals surface area contributed by atoms with Crippen LogP contribution in [0.15, 0.2) is 52.7 Å². The number of hydrogen-bond acceptors (Lipinski definition) is 7. The van der Waals surface area contributed by atoms with Crippen LogP contribution in [-0.2, 0) is 26.3 Å². The van der Waals surface area contributed by atoms with Crippen LogP contribution in [0.1, 0.15) is 33.3 Å². The lowest BCUT2D eigenvalue weighted by Crippen LogP contribution is -2.35. The molecule has 9 nitrogen and oxygen atoms in total. The first-order valence-electron chi connectivity index (χ1n) is 11.0. The number of aromatic nitrogens is 1. The number of carbonyl (C=O) groups excluding carboxylic acids is 2. The van der Waals surface area contributed by atoms with Crippen molar-refractivity contribution in [2.45, 2.75) is 45.8 Å². The highest BCUT2D eigenvalue weighted by atomic mass is 16.6. The quantitative estimate of drug-likeness (QED) is 0.433. The summed E-state index contributed by atoms with van der Waals surface area (Å²) < 4.78 is 17.9. The maximum absolute atomic E-state index is 12.8. The van der Waals surface area contributed by atoms with E-state index in [0.29, 0.717) is 22.4 Å². The predicted octanol–water partition coefficient (Wildman–Crippen LogP) is 4.66. The van der Waals surface area contributed by atoms with Gasteiger partial charge in [-0.1, -0.05) is 45.0 Å². The van der Waals surface area contributed by atoms with Gasteiger partial charge in [0.2, 0.25) is 12.0 Å². The topological polar surface area (TPSA) is 112 Å². The summed E-state index contributed by atoms with van der Waals surface area (Å²) in [6, 6.07) is 12.6. The summed E-state index contributed by atoms with van der Waals surface area (Å²) in [7, 11) is 0. The first-order valence-corrected chi connectivity index (χ1v) is 11.0. The number of rotatable bonds is 5. The molecule has 34 heavy (non-hydrogen) atoms. The van der Waals surface area contributed by atoms with Crippen LogP contribution in [-0.4, -0.2) is 40.9 Å². The minimum absolute atomic E-state index is 0.00365. The number of para-hydroxylation sites is 1. The van der Waals surface area contributed by atoms with Gasteiger partial charge in [0, 0.05) is 5.39 Å². The minimum Gasteiger partial charge on any atom is -0.493 e. The van der Waals surface area contributed by atoms with Crippen LogP contribution in [0.5, 0.6) is 17.4 Å². The molecule has 178 valence electrons. The van der Waals surface area contributed by atoms with Gasteiger partial charge < -0.3 is 19.3 Å². The molecule has 0 saturated carbocycles. The summed E-state index contributed by atoms with van der Waals surface area (Å²) >= 11 is 0. The minimum atomic E-state index is -0.971. The van der Waals surface area contributed by atoms with Crippen molar-refractivity contribution < 1.29 is 28.9 Å². The van der Waals surface area contributed by atoms with Crippen molar-refractivity contribution in [2.24, 2.45) is 10.2 Å². The molecule has 1 aliphatic rings. The third-order valence-electron chi connectivity index (χ3n) is 5.50. The van der Waals surface area contributed by atoms with Gasteiger partial charge in [-0.15, -0.1) is 10.2 Å². The Hall–Kier alpha value is -3.88. The smallest absolute Gasteiger partial charge is 0.326 e. The number of azo groups is 1. The molecule has 1 amide bonds. The number of amides is 1. The third-order valence-corrected chi connectivity index (χ3v) is 5.50. The molecule has 0 saturated heterocycles. The number of benzene rings is 2. The van der Waals surface area contributed by atoms with Crippen LogP contribution in [0.3, 0.4) is 0 Å². The van der Waals surface area contributed by atoms with Gasteiger partial charge in [0.15, 0.2) is 17.2 Å². The Morgan fingerprint density at radius 1 is 1.18 bits per heavy atom. The standard InChI is InChI=1S/C25H27N3O6/c1-5-32-21(29)13-28-17-9-7-6-8-16(17)22(24(28)31)26-27-23(30)20-14-33-18-11-10-15(25(2,3)4)12-19(18)34-20/h6-12,20,31H,5,13-14H2,1-4H3. The van der Waals surface area contributed by atoms with Gasteiger partial charge in [0.1, 0.15) is 13.2 Å². The second-order valence-electron chi connectivity index (χ2n) is 8.95. The lowest BCUT2D eigenvalue weighted by atomic mass is 9.87. The number of carbonyl (C=O) groups is 2. The van der Waals surface area contributed by atoms with Crippen molar-refractivity contribution in [3.8, 4) is 17.4 Å². The highest BCUT2D eigenvalue weighted by Crippen LogP contribution is 2.39. The van der Waals surface area contributed by atoms with Crippen molar-refractivity contribution >= 4 is 28.5 Å². The summed E-state index contributed by atoms with van der Waals surface area (Å²) in [5.74, 6) is -0.394. The molecule has 1 aromatic heterocycles. The maximum Gasteiger partial charge on any atom is 0.326 e. The molecule has 3 aromatic rings. The zero-order chi connectivity index (χ0) is 24.5. The van der Waals surface area contributed by atoms with E-state index in [1.807, 2.05) is 18.2 Å². The van der Waals surface area contributed by atoms with E-state index in [0.717, 1.165) is 5.56 Å². The molecule has 0 aliphatic carbocycles. The second kappa shape index (κ2) is 9.17. The van der Waals surface area contributed by atoms with Crippen LogP contribution < -0.4 is 9.47 Å². The highest BCUT2D eigenvalue weighted by molar-refractivity contribution is 5.96. The van der Waals surface area contributed by atoms with Crippen LogP contribution in [0.25, 0.3) is 10.9 Å². The number of ether oxygens (including phenoxy) is 3. The monoisotopic (exact) mass is 465 g/mol. The first kappa shape index (κ1) is 23.3. The molecule has 0 bridgehead atoms. The van der Waals surface area contributed by atoms with Crippen molar-refractivity contribution in [2.75, 3.05) is 13.2 Å². The fourth-order valence-electron chi connectivity index (χ4n) is 3.69. The highest BCUT2D eigenvalue weighted by Gasteiger charge is 2.29. The Bertz CT molecular complexity index is 1270. The number of nitrogens with zero attached hydrogens (tertiary/aromatic N) is 3. The Balaban J connectivity index is 1.58. The maximum atomic E-state index is 12.8. The Labute approximate surface area is 197 Å². The van der Waals surface area contributed by atoms with E-state index in [2.05, 4.69) is 31.0 Å². The van der Waals surface area contributed by atoms with Crippen LogP contribution in [0, 0.1) is 0 Å². The van der Waals surface area contributed by atoms with Gasteiger partial charge in [-0.25, -0.2) is 0 Å². The van der Waals surface area contributed by atoms with Crippen LogP contribution in [0.2, 0.25) is 0 Å². The summed E-state index contributed by atoms with van der Waals surface area (Å²) in [5.41, 5.74) is 1.60. The molecule has 4 rings (SSSR count). The predicted molar refractivity (Wildman–Crippen MR) is 125 cm³/mol. The molecule has 1 N–H and O–H groups in total. The van der Waals surface area contributed by atoms with E-state index < -0.39 is 18.0 Å². The normalized spacial score (nSPS) is 15.6. The molecule has 0 spiro atoms. The van der Waals surface area contributed by atoms with E-state index in [4.69, 9.17) is 14.2 Å². The molecule has 9 heteroatoms. The zero-order valence-electron chi connectivity index (χ0n) is 19.6. The van der Waals surface area contributed by atoms with E-state index in [9.17, 15) is 14.7 Å². The number of fused-ring (bicyclic) bond motifs is 2. The Kier molecular flexibility index (Phi) is 6.28. The van der Waals surface area contributed by atoms with Crippen molar-refractivity contribution in [1.29, 1.82) is 0 Å². The lowest BCUT2D eigenvalue weighted by Gasteiger charge is -2.27. The number of hydrogen-bond donors (Lipinski definition) is 1. The van der Waals surface area contributed by atoms with Crippen LogP contribution in [0.4, 0.5) is 5.69 Å². The second-order valence-corrected chi connectivity index (χ2v) is 8.95. The Morgan fingerprint density at radius 2 is 1.94 bits per heavy atom. The molecule has 0 radical (unpaired) electrons. The van der Waals surface area contributed by atoms with Gasteiger partial charge in [-0.3, -0.25) is 14.2 Å².